The molecular formula is C24H20N2O6S2. The average Bonchev–Trinajstić information content (AvgIpc) is 3.49. The number of carbonyl (C=O) groups excluding carboxylic acids is 1. The van der Waals surface area contributed by atoms with Gasteiger partial charge >= 0.3 is 0 Å². The highest BCUT2D eigenvalue weighted by Crippen LogP contribution is 2.35. The Morgan fingerprint density at radius 1 is 1.06 bits per heavy atom. The Bertz CT molecular complexity index is 1560. The van der Waals surface area contributed by atoms with E-state index in [1.807, 2.05) is 17.5 Å². The van der Waals surface area contributed by atoms with Gasteiger partial charge in [0.05, 0.1) is 10.4 Å². The summed E-state index contributed by atoms with van der Waals surface area (Å²) in [6.07, 6.45) is 0. The Hall–Kier alpha value is -3.47. The molecule has 34 heavy (non-hydrogen) atoms. The lowest BCUT2D eigenvalue weighted by Gasteiger charge is -2.22. The summed E-state index contributed by atoms with van der Waals surface area (Å²) in [4.78, 5) is 28.3. The van der Waals surface area contributed by atoms with Gasteiger partial charge in [0.25, 0.3) is 5.56 Å². The number of sulfonamides is 1. The van der Waals surface area contributed by atoms with Crippen LogP contribution in [0.15, 0.2) is 69.7 Å². The van der Waals surface area contributed by atoms with E-state index in [1.165, 1.54) is 34.7 Å². The summed E-state index contributed by atoms with van der Waals surface area (Å²) < 4.78 is 39.3. The van der Waals surface area contributed by atoms with Crippen molar-refractivity contribution in [2.24, 2.45) is 0 Å². The van der Waals surface area contributed by atoms with E-state index >= 15 is 0 Å². The maximum absolute atomic E-state index is 13.6. The Labute approximate surface area is 199 Å². The molecule has 0 unspecified atom stereocenters. The number of nitrogens with one attached hydrogen (secondary N) is 1. The van der Waals surface area contributed by atoms with Crippen molar-refractivity contribution < 1.29 is 22.7 Å². The normalized spacial score (nSPS) is 13.0. The van der Waals surface area contributed by atoms with E-state index in [0.717, 1.165) is 4.88 Å². The first-order valence-corrected chi connectivity index (χ1v) is 12.7. The molecule has 2 aromatic carbocycles. The molecule has 1 aliphatic rings. The highest BCUT2D eigenvalue weighted by Gasteiger charge is 2.27. The fraction of sp³-hybridized carbons (Fsp3) is 0.167. The molecule has 0 saturated heterocycles. The number of ketones is 1. The van der Waals surface area contributed by atoms with Gasteiger partial charge in [-0.2, -0.15) is 4.31 Å². The van der Waals surface area contributed by atoms with Crippen LogP contribution in [0.2, 0.25) is 0 Å². The van der Waals surface area contributed by atoms with Crippen LogP contribution in [0.25, 0.3) is 10.9 Å². The first kappa shape index (κ1) is 22.3. The van der Waals surface area contributed by atoms with E-state index in [-0.39, 0.29) is 36.1 Å². The first-order valence-electron chi connectivity index (χ1n) is 10.4. The number of hydrogen-bond donors (Lipinski definition) is 1. The summed E-state index contributed by atoms with van der Waals surface area (Å²) in [5, 5.41) is 2.56. The number of H-pyrrole nitrogens is 1. The van der Waals surface area contributed by atoms with Crippen molar-refractivity contribution in [1.82, 2.24) is 9.29 Å². The predicted molar refractivity (Wildman–Crippen MR) is 128 cm³/mol. The quantitative estimate of drug-likeness (QED) is 0.389. The molecule has 10 heteroatoms. The number of aromatic amines is 1. The van der Waals surface area contributed by atoms with Gasteiger partial charge in [0.2, 0.25) is 16.8 Å². The minimum absolute atomic E-state index is 0.00246. The number of pyridine rings is 1. The topological polar surface area (TPSA) is 106 Å². The number of aromatic nitrogens is 1. The molecule has 0 amide bonds. The average molecular weight is 497 g/mol. The SMILES string of the molecule is CC(=O)c1cccc(S(=O)(=O)N(Cc2cccs2)Cc2cc3cc4c(cc3[nH]c2=O)OCO4)c1. The van der Waals surface area contributed by atoms with E-state index in [2.05, 4.69) is 4.98 Å². The molecule has 0 spiro atoms. The number of carbonyl (C=O) groups is 1. The molecule has 174 valence electrons. The summed E-state index contributed by atoms with van der Waals surface area (Å²) in [6, 6.07) is 14.7. The van der Waals surface area contributed by atoms with Crippen molar-refractivity contribution >= 4 is 38.0 Å². The van der Waals surface area contributed by atoms with Crippen LogP contribution >= 0.6 is 11.3 Å². The maximum atomic E-state index is 13.6. The number of Topliss-reactive ketones (excluding diaryl/α,β-unsaturated/α-hetero) is 1. The van der Waals surface area contributed by atoms with Gasteiger partial charge in [-0.25, -0.2) is 8.42 Å². The van der Waals surface area contributed by atoms with Gasteiger partial charge in [-0.1, -0.05) is 18.2 Å². The molecule has 2 aromatic heterocycles. The zero-order valence-corrected chi connectivity index (χ0v) is 19.7. The maximum Gasteiger partial charge on any atom is 0.252 e. The number of hydrogen-bond acceptors (Lipinski definition) is 7. The third kappa shape index (κ3) is 4.23. The smallest absolute Gasteiger partial charge is 0.252 e. The lowest BCUT2D eigenvalue weighted by atomic mass is 10.1. The Morgan fingerprint density at radius 3 is 2.59 bits per heavy atom. The van der Waals surface area contributed by atoms with Gasteiger partial charge in [-0.3, -0.25) is 9.59 Å². The minimum Gasteiger partial charge on any atom is -0.454 e. The molecule has 0 bridgehead atoms. The van der Waals surface area contributed by atoms with Gasteiger partial charge in [-0.05, 0) is 42.6 Å². The monoisotopic (exact) mass is 496 g/mol. The Balaban J connectivity index is 1.56. The summed E-state index contributed by atoms with van der Waals surface area (Å²) in [6.45, 7) is 1.43. The van der Waals surface area contributed by atoms with Gasteiger partial charge in [0, 0.05) is 40.5 Å². The summed E-state index contributed by atoms with van der Waals surface area (Å²) in [7, 11) is -4.02. The summed E-state index contributed by atoms with van der Waals surface area (Å²) >= 11 is 1.42. The molecule has 0 aliphatic carbocycles. The fourth-order valence-corrected chi connectivity index (χ4v) is 6.02. The fourth-order valence-electron chi connectivity index (χ4n) is 3.78. The number of thiophene rings is 1. The van der Waals surface area contributed by atoms with E-state index in [4.69, 9.17) is 9.47 Å². The second kappa shape index (κ2) is 8.71. The molecular weight excluding hydrogens is 476 g/mol. The highest BCUT2D eigenvalue weighted by atomic mass is 32.2. The van der Waals surface area contributed by atoms with Crippen molar-refractivity contribution in [3.05, 3.63) is 86.3 Å². The lowest BCUT2D eigenvalue weighted by molar-refractivity contribution is 0.101. The third-order valence-electron chi connectivity index (χ3n) is 5.55. The predicted octanol–water partition coefficient (Wildman–Crippen LogP) is 3.91. The second-order valence-corrected chi connectivity index (χ2v) is 10.8. The van der Waals surface area contributed by atoms with Crippen molar-refractivity contribution in [2.75, 3.05) is 6.79 Å². The van der Waals surface area contributed by atoms with Crippen molar-refractivity contribution in [3.8, 4) is 11.5 Å². The van der Waals surface area contributed by atoms with Crippen molar-refractivity contribution in [2.45, 2.75) is 24.9 Å². The zero-order valence-electron chi connectivity index (χ0n) is 18.1. The molecule has 0 radical (unpaired) electrons. The van der Waals surface area contributed by atoms with E-state index < -0.39 is 15.6 Å². The van der Waals surface area contributed by atoms with Crippen LogP contribution in [0.4, 0.5) is 0 Å². The molecule has 4 aromatic rings. The van der Waals surface area contributed by atoms with Crippen LogP contribution < -0.4 is 15.0 Å². The Morgan fingerprint density at radius 2 is 1.85 bits per heavy atom. The number of fused-ring (bicyclic) bond motifs is 2. The van der Waals surface area contributed by atoms with Crippen LogP contribution in [-0.2, 0) is 23.1 Å². The van der Waals surface area contributed by atoms with Crippen LogP contribution in [0.5, 0.6) is 11.5 Å². The van der Waals surface area contributed by atoms with Crippen LogP contribution in [-0.4, -0.2) is 30.3 Å². The van der Waals surface area contributed by atoms with Gasteiger partial charge in [0.1, 0.15) is 0 Å². The minimum atomic E-state index is -4.02. The second-order valence-electron chi connectivity index (χ2n) is 7.85. The van der Waals surface area contributed by atoms with Gasteiger partial charge < -0.3 is 14.5 Å². The number of ether oxygens (including phenoxy) is 2. The molecule has 3 heterocycles. The molecule has 0 saturated carbocycles. The van der Waals surface area contributed by atoms with Gasteiger partial charge in [-0.15, -0.1) is 11.3 Å². The molecule has 0 atom stereocenters. The molecule has 0 fully saturated rings. The van der Waals surface area contributed by atoms with E-state index in [9.17, 15) is 18.0 Å². The summed E-state index contributed by atoms with van der Waals surface area (Å²) in [5.74, 6) is 0.879. The molecule has 8 nitrogen and oxygen atoms in total. The standard InChI is InChI=1S/C24H20N2O6S2/c1-15(27)16-4-2-6-20(9-16)34(29,30)26(13-19-5-3-7-33-19)12-18-8-17-10-22-23(32-14-31-22)11-21(17)25-24(18)28/h2-11H,12-14H2,1H3,(H,25,28). The molecule has 1 aliphatic heterocycles. The van der Waals surface area contributed by atoms with E-state index in [1.54, 1.807) is 30.3 Å². The van der Waals surface area contributed by atoms with Gasteiger partial charge in [0.15, 0.2) is 17.3 Å². The molecule has 5 rings (SSSR count). The van der Waals surface area contributed by atoms with Crippen LogP contribution in [0.1, 0.15) is 27.7 Å². The molecule has 1 N–H and O–H groups in total. The highest BCUT2D eigenvalue weighted by molar-refractivity contribution is 7.89. The van der Waals surface area contributed by atoms with Crippen molar-refractivity contribution in [1.29, 1.82) is 0 Å². The first-order chi connectivity index (χ1) is 16.3. The zero-order chi connectivity index (χ0) is 23.9. The van der Waals surface area contributed by atoms with E-state index in [0.29, 0.717) is 28.0 Å². The third-order valence-corrected chi connectivity index (χ3v) is 8.20. The number of nitrogens with zero attached hydrogens (tertiary/aromatic N) is 1. The van der Waals surface area contributed by atoms with Crippen molar-refractivity contribution in [3.63, 3.8) is 0 Å². The van der Waals surface area contributed by atoms with Crippen LogP contribution in [0, 0.1) is 0 Å². The Kier molecular flexibility index (Phi) is 5.72. The number of rotatable bonds is 7. The summed E-state index contributed by atoms with van der Waals surface area (Å²) in [5.41, 5.74) is 0.765. The lowest BCUT2D eigenvalue weighted by Crippen LogP contribution is -2.32. The number of benzene rings is 2. The van der Waals surface area contributed by atoms with Crippen LogP contribution in [0.3, 0.4) is 0 Å². The largest absolute Gasteiger partial charge is 0.454 e.